The number of hydrogen-bond acceptors (Lipinski definition) is 2. The van der Waals surface area contributed by atoms with E-state index in [1.807, 2.05) is 26.8 Å². The first-order valence-electron chi connectivity index (χ1n) is 6.58. The quantitative estimate of drug-likeness (QED) is 0.888. The molecule has 0 fully saturated rings. The number of likely N-dealkylation sites (N-methyl/N-ethyl adjacent to an activating group) is 1. The van der Waals surface area contributed by atoms with Crippen molar-refractivity contribution in [2.45, 2.75) is 39.8 Å². The van der Waals surface area contributed by atoms with Crippen molar-refractivity contribution in [2.75, 3.05) is 13.6 Å². The fourth-order valence-electron chi connectivity index (χ4n) is 1.65. The monoisotopic (exact) mass is 266 g/mol. The normalized spacial score (nSPS) is 12.6. The van der Waals surface area contributed by atoms with Gasteiger partial charge in [0.1, 0.15) is 5.82 Å². The van der Waals surface area contributed by atoms with Gasteiger partial charge in [0, 0.05) is 19.1 Å². The second kappa shape index (κ2) is 6.66. The lowest BCUT2D eigenvalue weighted by atomic mass is 10.1. The Hall–Kier alpha value is -1.42. The summed E-state index contributed by atoms with van der Waals surface area (Å²) in [7, 11) is 1.78. The second-order valence-corrected chi connectivity index (χ2v) is 5.21. The van der Waals surface area contributed by atoms with Gasteiger partial charge in [-0.2, -0.15) is 0 Å². The van der Waals surface area contributed by atoms with E-state index in [0.717, 1.165) is 5.56 Å². The molecule has 0 radical (unpaired) electrons. The van der Waals surface area contributed by atoms with Gasteiger partial charge >= 0.3 is 0 Å². The van der Waals surface area contributed by atoms with Crippen LogP contribution in [0.15, 0.2) is 18.2 Å². The zero-order chi connectivity index (χ0) is 14.6. The first-order chi connectivity index (χ1) is 8.82. The van der Waals surface area contributed by atoms with Crippen LogP contribution in [0.25, 0.3) is 0 Å². The lowest BCUT2D eigenvalue weighted by Crippen LogP contribution is -2.40. The summed E-state index contributed by atoms with van der Waals surface area (Å²) < 4.78 is 13.5. The van der Waals surface area contributed by atoms with Crippen LogP contribution in [0.4, 0.5) is 4.39 Å². The fourth-order valence-corrected chi connectivity index (χ4v) is 1.65. The Labute approximate surface area is 114 Å². The molecular weight excluding hydrogens is 243 g/mol. The molecule has 0 bridgehead atoms. The van der Waals surface area contributed by atoms with E-state index in [1.165, 1.54) is 6.07 Å². The number of aryl methyl sites for hydroxylation is 1. The van der Waals surface area contributed by atoms with Gasteiger partial charge in [-0.1, -0.05) is 12.1 Å². The van der Waals surface area contributed by atoms with Crippen LogP contribution >= 0.6 is 0 Å². The zero-order valence-electron chi connectivity index (χ0n) is 12.3. The van der Waals surface area contributed by atoms with Gasteiger partial charge in [-0.15, -0.1) is 0 Å². The molecule has 0 aliphatic heterocycles. The summed E-state index contributed by atoms with van der Waals surface area (Å²) in [5.41, 5.74) is 1.48. The maximum absolute atomic E-state index is 13.5. The summed E-state index contributed by atoms with van der Waals surface area (Å²) in [6.45, 7) is 7.85. The average Bonchev–Trinajstić information content (AvgIpc) is 2.37. The SMILES string of the molecule is Cc1ccc(C(C)NCC(=O)N(C)C(C)C)cc1F. The number of nitrogens with one attached hydrogen (secondary N) is 1. The molecule has 0 aliphatic carbocycles. The number of amides is 1. The molecule has 1 aromatic carbocycles. The number of hydrogen-bond donors (Lipinski definition) is 1. The Morgan fingerprint density at radius 2 is 2.00 bits per heavy atom. The lowest BCUT2D eigenvalue weighted by molar-refractivity contribution is -0.130. The van der Waals surface area contributed by atoms with Crippen molar-refractivity contribution in [1.29, 1.82) is 0 Å². The van der Waals surface area contributed by atoms with Gasteiger partial charge in [0.2, 0.25) is 5.91 Å². The molecule has 3 nitrogen and oxygen atoms in total. The number of carbonyl (C=O) groups excluding carboxylic acids is 1. The van der Waals surface area contributed by atoms with Crippen molar-refractivity contribution >= 4 is 5.91 Å². The van der Waals surface area contributed by atoms with Crippen LogP contribution in [0.5, 0.6) is 0 Å². The zero-order valence-corrected chi connectivity index (χ0v) is 12.3. The average molecular weight is 266 g/mol. The minimum atomic E-state index is -0.211. The molecule has 1 aromatic rings. The molecule has 4 heteroatoms. The molecule has 1 atom stereocenters. The van der Waals surface area contributed by atoms with Crippen molar-refractivity contribution in [2.24, 2.45) is 0 Å². The lowest BCUT2D eigenvalue weighted by Gasteiger charge is -2.23. The van der Waals surface area contributed by atoms with E-state index >= 15 is 0 Å². The largest absolute Gasteiger partial charge is 0.342 e. The Balaban J connectivity index is 2.58. The minimum Gasteiger partial charge on any atom is -0.342 e. The van der Waals surface area contributed by atoms with Gasteiger partial charge in [0.15, 0.2) is 0 Å². The van der Waals surface area contributed by atoms with Crippen LogP contribution in [0.1, 0.15) is 37.9 Å². The van der Waals surface area contributed by atoms with Crippen molar-refractivity contribution in [3.05, 3.63) is 35.1 Å². The highest BCUT2D eigenvalue weighted by Crippen LogP contribution is 2.16. The molecule has 1 unspecified atom stereocenters. The van der Waals surface area contributed by atoms with E-state index in [2.05, 4.69) is 5.32 Å². The van der Waals surface area contributed by atoms with Crippen LogP contribution in [0.3, 0.4) is 0 Å². The Morgan fingerprint density at radius 3 is 2.53 bits per heavy atom. The molecule has 0 heterocycles. The van der Waals surface area contributed by atoms with Crippen LogP contribution in [-0.2, 0) is 4.79 Å². The van der Waals surface area contributed by atoms with E-state index in [1.54, 1.807) is 24.9 Å². The molecule has 0 saturated carbocycles. The third kappa shape index (κ3) is 4.31. The van der Waals surface area contributed by atoms with Gasteiger partial charge < -0.3 is 10.2 Å². The number of rotatable bonds is 5. The smallest absolute Gasteiger partial charge is 0.236 e. The van der Waals surface area contributed by atoms with E-state index < -0.39 is 0 Å². The van der Waals surface area contributed by atoms with Crippen LogP contribution in [-0.4, -0.2) is 30.4 Å². The summed E-state index contributed by atoms with van der Waals surface area (Å²) in [6.07, 6.45) is 0. The Bertz CT molecular complexity index is 446. The summed E-state index contributed by atoms with van der Waals surface area (Å²) in [6, 6.07) is 5.28. The first-order valence-corrected chi connectivity index (χ1v) is 6.58. The highest BCUT2D eigenvalue weighted by atomic mass is 19.1. The molecule has 1 N–H and O–H groups in total. The van der Waals surface area contributed by atoms with Crippen molar-refractivity contribution in [3.8, 4) is 0 Å². The van der Waals surface area contributed by atoms with E-state index in [9.17, 15) is 9.18 Å². The van der Waals surface area contributed by atoms with Gasteiger partial charge in [-0.25, -0.2) is 4.39 Å². The molecule has 1 amide bonds. The predicted molar refractivity (Wildman–Crippen MR) is 75.5 cm³/mol. The summed E-state index contributed by atoms with van der Waals surface area (Å²) in [4.78, 5) is 13.5. The van der Waals surface area contributed by atoms with Gasteiger partial charge in [0.05, 0.1) is 6.54 Å². The van der Waals surface area contributed by atoms with Crippen LogP contribution in [0.2, 0.25) is 0 Å². The number of nitrogens with zero attached hydrogens (tertiary/aromatic N) is 1. The maximum Gasteiger partial charge on any atom is 0.236 e. The van der Waals surface area contributed by atoms with Crippen LogP contribution in [0, 0.1) is 12.7 Å². The fraction of sp³-hybridized carbons (Fsp3) is 0.533. The molecule has 19 heavy (non-hydrogen) atoms. The first kappa shape index (κ1) is 15.6. The third-order valence-corrected chi connectivity index (χ3v) is 3.42. The van der Waals surface area contributed by atoms with E-state index in [4.69, 9.17) is 0 Å². The molecule has 0 aromatic heterocycles. The molecular formula is C15H23FN2O. The van der Waals surface area contributed by atoms with Gasteiger partial charge in [-0.3, -0.25) is 4.79 Å². The van der Waals surface area contributed by atoms with Gasteiger partial charge in [-0.05, 0) is 44.9 Å². The predicted octanol–water partition coefficient (Wildman–Crippen LogP) is 2.65. The topological polar surface area (TPSA) is 32.3 Å². The summed E-state index contributed by atoms with van der Waals surface area (Å²) in [5, 5.41) is 3.12. The van der Waals surface area contributed by atoms with Crippen molar-refractivity contribution in [1.82, 2.24) is 10.2 Å². The minimum absolute atomic E-state index is 0.0365. The maximum atomic E-state index is 13.5. The summed E-state index contributed by atoms with van der Waals surface area (Å²) >= 11 is 0. The molecule has 1 rings (SSSR count). The van der Waals surface area contributed by atoms with Gasteiger partial charge in [0.25, 0.3) is 0 Å². The Morgan fingerprint density at radius 1 is 1.37 bits per heavy atom. The van der Waals surface area contributed by atoms with Crippen LogP contribution < -0.4 is 5.32 Å². The highest BCUT2D eigenvalue weighted by Gasteiger charge is 2.14. The van der Waals surface area contributed by atoms with E-state index in [0.29, 0.717) is 5.56 Å². The summed E-state index contributed by atoms with van der Waals surface area (Å²) in [5.74, 6) is -0.175. The standard InChI is InChI=1S/C15H23FN2O/c1-10(2)18(5)15(19)9-17-12(4)13-7-6-11(3)14(16)8-13/h6-8,10,12,17H,9H2,1-5H3. The third-order valence-electron chi connectivity index (χ3n) is 3.42. The second-order valence-electron chi connectivity index (χ2n) is 5.21. The highest BCUT2D eigenvalue weighted by molar-refractivity contribution is 5.78. The molecule has 106 valence electrons. The Kier molecular flexibility index (Phi) is 5.48. The number of benzene rings is 1. The molecule has 0 aliphatic rings. The van der Waals surface area contributed by atoms with Crippen molar-refractivity contribution in [3.63, 3.8) is 0 Å². The molecule has 0 spiro atoms. The number of carbonyl (C=O) groups is 1. The van der Waals surface area contributed by atoms with E-state index in [-0.39, 0.29) is 30.4 Å². The molecule has 0 saturated heterocycles. The van der Waals surface area contributed by atoms with Crippen molar-refractivity contribution < 1.29 is 9.18 Å². The number of halogens is 1.